The highest BCUT2D eigenvalue weighted by Crippen LogP contribution is 2.10. The van der Waals surface area contributed by atoms with Gasteiger partial charge in [-0.2, -0.15) is 0 Å². The molecule has 2 N–H and O–H groups in total. The van der Waals surface area contributed by atoms with E-state index in [4.69, 9.17) is 5.73 Å². The lowest BCUT2D eigenvalue weighted by Crippen LogP contribution is -2.08. The number of carbonyl (C=O) groups is 1. The lowest BCUT2D eigenvalue weighted by molar-refractivity contribution is -0.118. The molecule has 0 fully saturated rings. The van der Waals surface area contributed by atoms with Crippen molar-refractivity contribution in [2.24, 2.45) is 5.73 Å². The fourth-order valence-electron chi connectivity index (χ4n) is 1.45. The first kappa shape index (κ1) is 11.9. The molecule has 1 heterocycles. The van der Waals surface area contributed by atoms with Crippen molar-refractivity contribution >= 4 is 5.78 Å². The van der Waals surface area contributed by atoms with Gasteiger partial charge in [0.1, 0.15) is 5.78 Å². The minimum Gasteiger partial charge on any atom is -0.324 e. The van der Waals surface area contributed by atoms with Gasteiger partial charge in [0.2, 0.25) is 0 Å². The molecule has 0 aliphatic carbocycles. The Balaban J connectivity index is 2.69. The maximum absolute atomic E-state index is 11.4. The molecule has 0 aliphatic rings. The van der Waals surface area contributed by atoms with Crippen molar-refractivity contribution in [3.05, 3.63) is 29.6 Å². The standard InChI is InChI=1S/C12H18N2O/c1-3-4-12(15)8-11-7-10(9(2)13)5-6-14-11/h5-7,9H,3-4,8,13H2,1-2H3. The van der Waals surface area contributed by atoms with Crippen LogP contribution in [-0.2, 0) is 11.2 Å². The van der Waals surface area contributed by atoms with Crippen molar-refractivity contribution in [1.29, 1.82) is 0 Å². The minimum atomic E-state index is -0.00646. The van der Waals surface area contributed by atoms with E-state index in [1.54, 1.807) is 6.20 Å². The van der Waals surface area contributed by atoms with Gasteiger partial charge >= 0.3 is 0 Å². The first-order chi connectivity index (χ1) is 7.13. The van der Waals surface area contributed by atoms with Gasteiger partial charge in [-0.25, -0.2) is 0 Å². The molecule has 1 atom stereocenters. The number of nitrogens with two attached hydrogens (primary N) is 1. The molecule has 0 spiro atoms. The molecular weight excluding hydrogens is 188 g/mol. The molecule has 15 heavy (non-hydrogen) atoms. The number of pyridine rings is 1. The molecule has 0 amide bonds. The Morgan fingerprint density at radius 2 is 2.33 bits per heavy atom. The summed E-state index contributed by atoms with van der Waals surface area (Å²) in [5.41, 5.74) is 7.61. The van der Waals surface area contributed by atoms with Gasteiger partial charge in [-0.05, 0) is 31.0 Å². The number of nitrogens with zero attached hydrogens (tertiary/aromatic N) is 1. The molecule has 0 aromatic carbocycles. The zero-order valence-electron chi connectivity index (χ0n) is 9.36. The predicted molar refractivity (Wildman–Crippen MR) is 60.5 cm³/mol. The number of rotatable bonds is 5. The van der Waals surface area contributed by atoms with Crippen LogP contribution in [0.3, 0.4) is 0 Å². The summed E-state index contributed by atoms with van der Waals surface area (Å²) in [6, 6.07) is 3.80. The van der Waals surface area contributed by atoms with Crippen LogP contribution in [0.4, 0.5) is 0 Å². The van der Waals surface area contributed by atoms with Crippen LogP contribution in [0.1, 0.15) is 44.0 Å². The lowest BCUT2D eigenvalue weighted by atomic mass is 10.1. The highest BCUT2D eigenvalue weighted by molar-refractivity contribution is 5.80. The van der Waals surface area contributed by atoms with Crippen molar-refractivity contribution in [3.8, 4) is 0 Å². The van der Waals surface area contributed by atoms with E-state index in [-0.39, 0.29) is 11.8 Å². The van der Waals surface area contributed by atoms with E-state index >= 15 is 0 Å². The first-order valence-corrected chi connectivity index (χ1v) is 5.35. The number of hydrogen-bond donors (Lipinski definition) is 1. The number of aromatic nitrogens is 1. The second-order valence-electron chi connectivity index (χ2n) is 3.83. The lowest BCUT2D eigenvalue weighted by Gasteiger charge is -2.06. The van der Waals surface area contributed by atoms with E-state index in [0.29, 0.717) is 12.8 Å². The number of hydrogen-bond acceptors (Lipinski definition) is 3. The summed E-state index contributed by atoms with van der Waals surface area (Å²) >= 11 is 0. The Kier molecular flexibility index (Phi) is 4.43. The molecule has 3 heteroatoms. The summed E-state index contributed by atoms with van der Waals surface area (Å²) < 4.78 is 0. The maximum Gasteiger partial charge on any atom is 0.138 e. The second-order valence-corrected chi connectivity index (χ2v) is 3.83. The third-order valence-corrected chi connectivity index (χ3v) is 2.27. The molecule has 0 saturated heterocycles. The Labute approximate surface area is 90.7 Å². The van der Waals surface area contributed by atoms with Crippen LogP contribution in [0.5, 0.6) is 0 Å². The largest absolute Gasteiger partial charge is 0.324 e. The molecule has 1 rings (SSSR count). The second kappa shape index (κ2) is 5.61. The fourth-order valence-corrected chi connectivity index (χ4v) is 1.45. The number of carbonyl (C=O) groups excluding carboxylic acids is 1. The van der Waals surface area contributed by atoms with Gasteiger partial charge < -0.3 is 5.73 Å². The van der Waals surface area contributed by atoms with Crippen LogP contribution in [0.25, 0.3) is 0 Å². The molecule has 3 nitrogen and oxygen atoms in total. The van der Waals surface area contributed by atoms with Crippen LogP contribution in [0, 0.1) is 0 Å². The van der Waals surface area contributed by atoms with Crippen LogP contribution in [0.15, 0.2) is 18.3 Å². The van der Waals surface area contributed by atoms with Gasteiger partial charge in [-0.1, -0.05) is 6.92 Å². The monoisotopic (exact) mass is 206 g/mol. The van der Waals surface area contributed by atoms with Gasteiger partial charge in [0.05, 0.1) is 0 Å². The molecular formula is C12H18N2O. The Bertz CT molecular complexity index is 334. The summed E-state index contributed by atoms with van der Waals surface area (Å²) in [7, 11) is 0. The van der Waals surface area contributed by atoms with Gasteiger partial charge in [0.15, 0.2) is 0 Å². The molecule has 0 aliphatic heterocycles. The Hall–Kier alpha value is -1.22. The van der Waals surface area contributed by atoms with Crippen molar-refractivity contribution in [2.45, 2.75) is 39.2 Å². The summed E-state index contributed by atoms with van der Waals surface area (Å²) in [5.74, 6) is 0.242. The Morgan fingerprint density at radius 3 is 2.93 bits per heavy atom. The molecule has 82 valence electrons. The highest BCUT2D eigenvalue weighted by atomic mass is 16.1. The van der Waals surface area contributed by atoms with Crippen LogP contribution in [-0.4, -0.2) is 10.8 Å². The van der Waals surface area contributed by atoms with E-state index in [9.17, 15) is 4.79 Å². The Morgan fingerprint density at radius 1 is 1.60 bits per heavy atom. The van der Waals surface area contributed by atoms with Crippen molar-refractivity contribution in [2.75, 3.05) is 0 Å². The van der Waals surface area contributed by atoms with E-state index in [0.717, 1.165) is 17.7 Å². The SMILES string of the molecule is CCCC(=O)Cc1cc(C(C)N)ccn1. The molecule has 1 unspecified atom stereocenters. The normalized spacial score (nSPS) is 12.5. The van der Waals surface area contributed by atoms with Crippen molar-refractivity contribution < 1.29 is 4.79 Å². The number of ketones is 1. The smallest absolute Gasteiger partial charge is 0.138 e. The van der Waals surface area contributed by atoms with Crippen molar-refractivity contribution in [3.63, 3.8) is 0 Å². The summed E-state index contributed by atoms with van der Waals surface area (Å²) in [5, 5.41) is 0. The van der Waals surface area contributed by atoms with Gasteiger partial charge in [0, 0.05) is 30.8 Å². The third kappa shape index (κ3) is 3.80. The quantitative estimate of drug-likeness (QED) is 0.801. The van der Waals surface area contributed by atoms with E-state index in [1.165, 1.54) is 0 Å². The van der Waals surface area contributed by atoms with E-state index < -0.39 is 0 Å². The summed E-state index contributed by atoms with van der Waals surface area (Å²) in [6.07, 6.45) is 3.66. The highest BCUT2D eigenvalue weighted by Gasteiger charge is 2.06. The van der Waals surface area contributed by atoms with Crippen molar-refractivity contribution in [1.82, 2.24) is 4.98 Å². The summed E-state index contributed by atoms with van der Waals surface area (Å²) in [6.45, 7) is 3.93. The molecule has 0 bridgehead atoms. The van der Waals surface area contributed by atoms with Gasteiger partial charge in [-0.3, -0.25) is 9.78 Å². The average molecular weight is 206 g/mol. The molecule has 0 radical (unpaired) electrons. The fraction of sp³-hybridized carbons (Fsp3) is 0.500. The van der Waals surface area contributed by atoms with Crippen LogP contribution >= 0.6 is 0 Å². The average Bonchev–Trinajstić information content (AvgIpc) is 2.18. The predicted octanol–water partition coefficient (Wildman–Crippen LogP) is 2.01. The van der Waals surface area contributed by atoms with E-state index in [1.807, 2.05) is 26.0 Å². The third-order valence-electron chi connectivity index (χ3n) is 2.27. The van der Waals surface area contributed by atoms with Crippen LogP contribution < -0.4 is 5.73 Å². The van der Waals surface area contributed by atoms with Gasteiger partial charge in [-0.15, -0.1) is 0 Å². The molecule has 1 aromatic heterocycles. The van der Waals surface area contributed by atoms with Crippen LogP contribution in [0.2, 0.25) is 0 Å². The van der Waals surface area contributed by atoms with Gasteiger partial charge in [0.25, 0.3) is 0 Å². The first-order valence-electron chi connectivity index (χ1n) is 5.35. The minimum absolute atomic E-state index is 0.00646. The topological polar surface area (TPSA) is 56.0 Å². The number of Topliss-reactive ketones (excluding diaryl/α,β-unsaturated/α-hetero) is 1. The van der Waals surface area contributed by atoms with E-state index in [2.05, 4.69) is 4.98 Å². The zero-order valence-corrected chi connectivity index (χ0v) is 9.36. The maximum atomic E-state index is 11.4. The molecule has 0 saturated carbocycles. The zero-order chi connectivity index (χ0) is 11.3. The molecule has 1 aromatic rings. The summed E-state index contributed by atoms with van der Waals surface area (Å²) in [4.78, 5) is 15.6.